The lowest BCUT2D eigenvalue weighted by molar-refractivity contribution is -0.148. The number of imide groups is 1. The number of allylic oxidation sites excluding steroid dienone is 2. The summed E-state index contributed by atoms with van der Waals surface area (Å²) in [5.41, 5.74) is 1.23. The number of hydrogen-bond donors (Lipinski definition) is 1. The fourth-order valence-electron chi connectivity index (χ4n) is 4.35. The van der Waals surface area contributed by atoms with E-state index < -0.39 is 6.04 Å². The van der Waals surface area contributed by atoms with Crippen molar-refractivity contribution >= 4 is 17.7 Å². The van der Waals surface area contributed by atoms with E-state index in [1.54, 1.807) is 0 Å². The second-order valence-electron chi connectivity index (χ2n) is 8.78. The summed E-state index contributed by atoms with van der Waals surface area (Å²) in [5.74, 6) is -0.973. The van der Waals surface area contributed by atoms with Crippen LogP contribution in [0.1, 0.15) is 52.0 Å². The smallest absolute Gasteiger partial charge is 0.243 e. The van der Waals surface area contributed by atoms with Crippen LogP contribution in [0.15, 0.2) is 42.5 Å². The Morgan fingerprint density at radius 2 is 1.62 bits per heavy atom. The first-order chi connectivity index (χ1) is 13.9. The van der Waals surface area contributed by atoms with Crippen molar-refractivity contribution in [2.24, 2.45) is 17.8 Å². The van der Waals surface area contributed by atoms with Gasteiger partial charge in [-0.1, -0.05) is 56.3 Å². The molecule has 5 heteroatoms. The molecule has 1 N–H and O–H groups in total. The van der Waals surface area contributed by atoms with Crippen molar-refractivity contribution in [2.75, 3.05) is 0 Å². The van der Waals surface area contributed by atoms with Gasteiger partial charge in [0, 0.05) is 6.04 Å². The molecule has 0 spiro atoms. The molecule has 1 aromatic rings. The highest BCUT2D eigenvalue weighted by Gasteiger charge is 2.51. The summed E-state index contributed by atoms with van der Waals surface area (Å²) in [6.07, 6.45) is 7.29. The molecule has 3 rings (SSSR count). The molecule has 3 amide bonds. The number of carbonyl (C=O) groups excluding carboxylic acids is 3. The van der Waals surface area contributed by atoms with Crippen LogP contribution in [0.3, 0.4) is 0 Å². The van der Waals surface area contributed by atoms with Crippen LogP contribution in [0.4, 0.5) is 0 Å². The van der Waals surface area contributed by atoms with E-state index in [1.807, 2.05) is 51.1 Å². The van der Waals surface area contributed by atoms with Crippen LogP contribution in [0.2, 0.25) is 0 Å². The first-order valence-electron chi connectivity index (χ1n) is 10.7. The molecule has 0 bridgehead atoms. The molecular weight excluding hydrogens is 364 g/mol. The third-order valence-electron chi connectivity index (χ3n) is 5.95. The maximum absolute atomic E-state index is 13.1. The Kier molecular flexibility index (Phi) is 6.88. The zero-order chi connectivity index (χ0) is 21.0. The van der Waals surface area contributed by atoms with E-state index in [2.05, 4.69) is 17.4 Å². The molecule has 0 radical (unpaired) electrons. The Morgan fingerprint density at radius 1 is 1.03 bits per heavy atom. The molecule has 0 saturated carbocycles. The number of aryl methyl sites for hydroxylation is 1. The maximum Gasteiger partial charge on any atom is 0.243 e. The van der Waals surface area contributed by atoms with Crippen molar-refractivity contribution in [3.05, 3.63) is 48.0 Å². The highest BCUT2D eigenvalue weighted by atomic mass is 16.2. The number of likely N-dealkylation sites (tertiary alicyclic amines) is 1. The highest BCUT2D eigenvalue weighted by molar-refractivity contribution is 6.08. The van der Waals surface area contributed by atoms with Crippen LogP contribution in [0.25, 0.3) is 0 Å². The van der Waals surface area contributed by atoms with E-state index in [0.29, 0.717) is 19.3 Å². The predicted octanol–water partition coefficient (Wildman–Crippen LogP) is 3.49. The lowest BCUT2D eigenvalue weighted by Crippen LogP contribution is -2.52. The number of hydrogen-bond acceptors (Lipinski definition) is 3. The highest BCUT2D eigenvalue weighted by Crippen LogP contribution is 2.37. The van der Waals surface area contributed by atoms with Gasteiger partial charge in [0.15, 0.2) is 0 Å². The predicted molar refractivity (Wildman–Crippen MR) is 113 cm³/mol. The first-order valence-corrected chi connectivity index (χ1v) is 10.7. The van der Waals surface area contributed by atoms with Crippen LogP contribution in [-0.2, 0) is 20.8 Å². The molecule has 2 aliphatic rings. The monoisotopic (exact) mass is 396 g/mol. The van der Waals surface area contributed by atoms with Crippen molar-refractivity contribution in [1.29, 1.82) is 0 Å². The van der Waals surface area contributed by atoms with Crippen molar-refractivity contribution in [2.45, 2.75) is 65.0 Å². The van der Waals surface area contributed by atoms with Gasteiger partial charge in [0.25, 0.3) is 0 Å². The Labute approximate surface area is 173 Å². The van der Waals surface area contributed by atoms with E-state index in [-0.39, 0.29) is 41.5 Å². The van der Waals surface area contributed by atoms with Crippen molar-refractivity contribution in [1.82, 2.24) is 10.2 Å². The van der Waals surface area contributed by atoms with E-state index in [0.717, 1.165) is 12.8 Å². The Morgan fingerprint density at radius 3 is 2.17 bits per heavy atom. The lowest BCUT2D eigenvalue weighted by atomic mass is 9.85. The number of nitrogens with zero attached hydrogens (tertiary/aromatic N) is 1. The molecule has 0 aromatic heterocycles. The Balaban J connectivity index is 1.67. The van der Waals surface area contributed by atoms with Crippen LogP contribution >= 0.6 is 0 Å². The molecular formula is C24H32N2O3. The fraction of sp³-hybridized carbons (Fsp3) is 0.542. The van der Waals surface area contributed by atoms with Gasteiger partial charge in [0.2, 0.25) is 17.7 Å². The zero-order valence-electron chi connectivity index (χ0n) is 17.6. The van der Waals surface area contributed by atoms with Gasteiger partial charge in [-0.05, 0) is 50.5 Å². The van der Waals surface area contributed by atoms with Gasteiger partial charge in [-0.2, -0.15) is 0 Å². The van der Waals surface area contributed by atoms with Crippen molar-refractivity contribution < 1.29 is 14.4 Å². The van der Waals surface area contributed by atoms with Crippen LogP contribution in [-0.4, -0.2) is 34.7 Å². The molecule has 156 valence electrons. The molecule has 5 nitrogen and oxygen atoms in total. The van der Waals surface area contributed by atoms with Gasteiger partial charge < -0.3 is 5.32 Å². The van der Waals surface area contributed by atoms with Gasteiger partial charge in [-0.15, -0.1) is 0 Å². The number of carbonyl (C=O) groups is 3. The topological polar surface area (TPSA) is 66.5 Å². The van der Waals surface area contributed by atoms with Gasteiger partial charge >= 0.3 is 0 Å². The normalized spacial score (nSPS) is 23.2. The Hall–Kier alpha value is -2.43. The molecule has 1 saturated heterocycles. The quantitative estimate of drug-likeness (QED) is 0.540. The van der Waals surface area contributed by atoms with E-state index in [9.17, 15) is 14.4 Å². The van der Waals surface area contributed by atoms with Crippen LogP contribution in [0, 0.1) is 17.8 Å². The van der Waals surface area contributed by atoms with E-state index in [4.69, 9.17) is 0 Å². The van der Waals surface area contributed by atoms with Crippen LogP contribution < -0.4 is 5.32 Å². The summed E-state index contributed by atoms with van der Waals surface area (Å²) in [6.45, 7) is 6.00. The lowest BCUT2D eigenvalue weighted by Gasteiger charge is -2.28. The second kappa shape index (κ2) is 9.38. The maximum atomic E-state index is 13.1. The zero-order valence-corrected chi connectivity index (χ0v) is 17.6. The number of benzene rings is 1. The number of rotatable bonds is 8. The van der Waals surface area contributed by atoms with Gasteiger partial charge in [-0.25, -0.2) is 0 Å². The summed E-state index contributed by atoms with van der Waals surface area (Å²) in [5, 5.41) is 3.05. The molecule has 1 heterocycles. The summed E-state index contributed by atoms with van der Waals surface area (Å²) in [6, 6.07) is 9.41. The van der Waals surface area contributed by atoms with Crippen molar-refractivity contribution in [3.63, 3.8) is 0 Å². The standard InChI is InChI=1S/C24H32N2O3/c1-16(2)15-21(26-23(28)19-11-7-8-12-20(19)24(26)29)22(27)25-17(3)13-14-18-9-5-4-6-10-18/h4-10,16-17,19-21H,11-15H2,1-3H3,(H,25,27). The van der Waals surface area contributed by atoms with E-state index in [1.165, 1.54) is 10.5 Å². The molecule has 1 aromatic carbocycles. The average molecular weight is 397 g/mol. The summed E-state index contributed by atoms with van der Waals surface area (Å²) in [4.78, 5) is 40.3. The van der Waals surface area contributed by atoms with Gasteiger partial charge in [0.1, 0.15) is 6.04 Å². The van der Waals surface area contributed by atoms with E-state index >= 15 is 0 Å². The minimum atomic E-state index is -0.722. The summed E-state index contributed by atoms with van der Waals surface area (Å²) >= 11 is 0. The minimum absolute atomic E-state index is 0.0332. The SMILES string of the molecule is CC(C)CC(C(=O)NC(C)CCc1ccccc1)N1C(=O)C2CC=CCC2C1=O. The minimum Gasteiger partial charge on any atom is -0.352 e. The largest absolute Gasteiger partial charge is 0.352 e. The molecule has 1 aliphatic carbocycles. The fourth-order valence-corrected chi connectivity index (χ4v) is 4.35. The molecule has 1 aliphatic heterocycles. The number of nitrogens with one attached hydrogen (secondary N) is 1. The third-order valence-corrected chi connectivity index (χ3v) is 5.95. The second-order valence-corrected chi connectivity index (χ2v) is 8.78. The molecule has 4 unspecified atom stereocenters. The molecule has 29 heavy (non-hydrogen) atoms. The Bertz CT molecular complexity index is 746. The average Bonchev–Trinajstić information content (AvgIpc) is 2.96. The summed E-state index contributed by atoms with van der Waals surface area (Å²) in [7, 11) is 0. The summed E-state index contributed by atoms with van der Waals surface area (Å²) < 4.78 is 0. The molecule has 4 atom stereocenters. The first kappa shape index (κ1) is 21.3. The van der Waals surface area contributed by atoms with Gasteiger partial charge in [0.05, 0.1) is 11.8 Å². The van der Waals surface area contributed by atoms with Crippen LogP contribution in [0.5, 0.6) is 0 Å². The third kappa shape index (κ3) is 4.95. The number of fused-ring (bicyclic) bond motifs is 1. The van der Waals surface area contributed by atoms with Crippen molar-refractivity contribution in [3.8, 4) is 0 Å². The molecule has 1 fully saturated rings. The van der Waals surface area contributed by atoms with Gasteiger partial charge in [-0.3, -0.25) is 19.3 Å². The number of amides is 3.